The first-order valence-electron chi connectivity index (χ1n) is 8.33. The van der Waals surface area contributed by atoms with Gasteiger partial charge in [-0.05, 0) is 57.1 Å². The molecule has 21 heavy (non-hydrogen) atoms. The summed E-state index contributed by atoms with van der Waals surface area (Å²) in [5.74, 6) is 0.581. The van der Waals surface area contributed by atoms with Gasteiger partial charge in [0, 0.05) is 26.2 Å². The van der Waals surface area contributed by atoms with Crippen LogP contribution in [0.25, 0.3) is 0 Å². The number of hydrogen-bond acceptors (Lipinski definition) is 3. The van der Waals surface area contributed by atoms with Crippen molar-refractivity contribution in [1.82, 2.24) is 15.1 Å². The van der Waals surface area contributed by atoms with Crippen LogP contribution in [-0.4, -0.2) is 56.6 Å². The molecule has 1 heterocycles. The van der Waals surface area contributed by atoms with Crippen LogP contribution in [0.3, 0.4) is 0 Å². The van der Waals surface area contributed by atoms with Gasteiger partial charge in [0.1, 0.15) is 0 Å². The molecule has 1 aliphatic heterocycles. The Balaban J connectivity index is 1.76. The SMILES string of the molecule is CNCC(C)c1ccc(CN(C)CCN2CCCC2)cc1. The molecule has 0 aliphatic carbocycles. The van der Waals surface area contributed by atoms with Crippen LogP contribution < -0.4 is 5.32 Å². The molecule has 0 amide bonds. The van der Waals surface area contributed by atoms with Crippen LogP contribution in [0.4, 0.5) is 0 Å². The monoisotopic (exact) mass is 289 g/mol. The molecule has 118 valence electrons. The Labute approximate surface area is 130 Å². The highest BCUT2D eigenvalue weighted by atomic mass is 15.2. The second kappa shape index (κ2) is 8.52. The van der Waals surface area contributed by atoms with Gasteiger partial charge in [-0.1, -0.05) is 31.2 Å². The molecule has 1 N–H and O–H groups in total. The van der Waals surface area contributed by atoms with Crippen molar-refractivity contribution >= 4 is 0 Å². The predicted octanol–water partition coefficient (Wildman–Crippen LogP) is 2.54. The molecule has 1 fully saturated rings. The van der Waals surface area contributed by atoms with Gasteiger partial charge in [-0.3, -0.25) is 0 Å². The first kappa shape index (κ1) is 16.5. The van der Waals surface area contributed by atoms with Crippen LogP contribution in [0.5, 0.6) is 0 Å². The maximum Gasteiger partial charge on any atom is 0.0231 e. The zero-order valence-corrected chi connectivity index (χ0v) is 13.9. The van der Waals surface area contributed by atoms with Gasteiger partial charge in [-0.2, -0.15) is 0 Å². The minimum absolute atomic E-state index is 0.581. The number of rotatable bonds is 8. The molecule has 1 saturated heterocycles. The molecule has 3 heteroatoms. The van der Waals surface area contributed by atoms with Gasteiger partial charge in [0.05, 0.1) is 0 Å². The van der Waals surface area contributed by atoms with E-state index in [1.54, 1.807) is 0 Å². The number of hydrogen-bond donors (Lipinski definition) is 1. The molecule has 0 radical (unpaired) electrons. The smallest absolute Gasteiger partial charge is 0.0231 e. The fraction of sp³-hybridized carbons (Fsp3) is 0.667. The summed E-state index contributed by atoms with van der Waals surface area (Å²) < 4.78 is 0. The van der Waals surface area contributed by atoms with Crippen molar-refractivity contribution in [3.05, 3.63) is 35.4 Å². The molecule has 1 aromatic carbocycles. The van der Waals surface area contributed by atoms with Crippen LogP contribution in [0.2, 0.25) is 0 Å². The van der Waals surface area contributed by atoms with Gasteiger partial charge >= 0.3 is 0 Å². The number of likely N-dealkylation sites (N-methyl/N-ethyl adjacent to an activating group) is 2. The van der Waals surface area contributed by atoms with E-state index in [4.69, 9.17) is 0 Å². The number of likely N-dealkylation sites (tertiary alicyclic amines) is 1. The van der Waals surface area contributed by atoms with Gasteiger partial charge in [0.25, 0.3) is 0 Å². The lowest BCUT2D eigenvalue weighted by molar-refractivity contribution is 0.252. The number of benzene rings is 1. The lowest BCUT2D eigenvalue weighted by atomic mass is 10.00. The lowest BCUT2D eigenvalue weighted by Gasteiger charge is -2.21. The standard InChI is InChI=1S/C18H31N3/c1-16(14-19-2)18-8-6-17(7-9-18)15-20(3)12-13-21-10-4-5-11-21/h6-9,16,19H,4-5,10-15H2,1-3H3. The zero-order chi connectivity index (χ0) is 15.1. The molecule has 0 saturated carbocycles. The Bertz CT molecular complexity index is 395. The highest BCUT2D eigenvalue weighted by Crippen LogP contribution is 2.16. The second-order valence-corrected chi connectivity index (χ2v) is 6.49. The van der Waals surface area contributed by atoms with Gasteiger partial charge in [-0.25, -0.2) is 0 Å². The summed E-state index contributed by atoms with van der Waals surface area (Å²) >= 11 is 0. The van der Waals surface area contributed by atoms with E-state index in [1.165, 1.54) is 43.6 Å². The molecule has 1 aliphatic rings. The average Bonchev–Trinajstić information content (AvgIpc) is 2.99. The fourth-order valence-electron chi connectivity index (χ4n) is 3.08. The Morgan fingerprint density at radius 2 is 1.86 bits per heavy atom. The summed E-state index contributed by atoms with van der Waals surface area (Å²) in [6, 6.07) is 9.14. The molecule has 1 atom stereocenters. The second-order valence-electron chi connectivity index (χ2n) is 6.49. The average molecular weight is 289 g/mol. The quantitative estimate of drug-likeness (QED) is 0.793. The molecule has 2 rings (SSSR count). The molecule has 1 unspecified atom stereocenters. The molecule has 0 spiro atoms. The minimum atomic E-state index is 0.581. The third-order valence-corrected chi connectivity index (χ3v) is 4.51. The van der Waals surface area contributed by atoms with Crippen molar-refractivity contribution < 1.29 is 0 Å². The number of nitrogens with zero attached hydrogens (tertiary/aromatic N) is 2. The number of nitrogens with one attached hydrogen (secondary N) is 1. The van der Waals surface area contributed by atoms with Gasteiger partial charge in [0.2, 0.25) is 0 Å². The van der Waals surface area contributed by atoms with Crippen LogP contribution in [0, 0.1) is 0 Å². The minimum Gasteiger partial charge on any atom is -0.319 e. The van der Waals surface area contributed by atoms with Crippen LogP contribution in [0.1, 0.15) is 36.8 Å². The zero-order valence-electron chi connectivity index (χ0n) is 13.9. The highest BCUT2D eigenvalue weighted by Gasteiger charge is 2.12. The van der Waals surface area contributed by atoms with Crippen molar-refractivity contribution in [3.63, 3.8) is 0 Å². The maximum absolute atomic E-state index is 3.24. The third-order valence-electron chi connectivity index (χ3n) is 4.51. The Morgan fingerprint density at radius 1 is 1.19 bits per heavy atom. The van der Waals surface area contributed by atoms with Crippen LogP contribution >= 0.6 is 0 Å². The van der Waals surface area contributed by atoms with Crippen molar-refractivity contribution in [2.45, 2.75) is 32.2 Å². The van der Waals surface area contributed by atoms with Crippen molar-refractivity contribution in [2.75, 3.05) is 46.8 Å². The van der Waals surface area contributed by atoms with E-state index in [2.05, 4.69) is 53.4 Å². The summed E-state index contributed by atoms with van der Waals surface area (Å²) in [5, 5.41) is 3.24. The normalized spacial score (nSPS) is 17.5. The Hall–Kier alpha value is -0.900. The summed E-state index contributed by atoms with van der Waals surface area (Å²) in [4.78, 5) is 5.02. The van der Waals surface area contributed by atoms with Crippen molar-refractivity contribution in [1.29, 1.82) is 0 Å². The van der Waals surface area contributed by atoms with Gasteiger partial charge in [0.15, 0.2) is 0 Å². The first-order chi connectivity index (χ1) is 10.2. The summed E-state index contributed by atoms with van der Waals surface area (Å²) in [5.41, 5.74) is 2.84. The molecular formula is C18H31N3. The topological polar surface area (TPSA) is 18.5 Å². The van der Waals surface area contributed by atoms with Gasteiger partial charge in [-0.15, -0.1) is 0 Å². The van der Waals surface area contributed by atoms with E-state index in [0.29, 0.717) is 5.92 Å². The van der Waals surface area contributed by atoms with E-state index in [1.807, 2.05) is 7.05 Å². The fourth-order valence-corrected chi connectivity index (χ4v) is 3.08. The van der Waals surface area contributed by atoms with Crippen molar-refractivity contribution in [2.24, 2.45) is 0 Å². The van der Waals surface area contributed by atoms with E-state index in [9.17, 15) is 0 Å². The van der Waals surface area contributed by atoms with E-state index in [-0.39, 0.29) is 0 Å². The van der Waals surface area contributed by atoms with E-state index < -0.39 is 0 Å². The first-order valence-corrected chi connectivity index (χ1v) is 8.33. The summed E-state index contributed by atoms with van der Waals surface area (Å²) in [6.45, 7) is 9.33. The molecule has 3 nitrogen and oxygen atoms in total. The molecule has 0 aromatic heterocycles. The van der Waals surface area contributed by atoms with E-state index >= 15 is 0 Å². The summed E-state index contributed by atoms with van der Waals surface area (Å²) in [6.07, 6.45) is 2.77. The van der Waals surface area contributed by atoms with Crippen LogP contribution in [-0.2, 0) is 6.54 Å². The molecule has 1 aromatic rings. The largest absolute Gasteiger partial charge is 0.319 e. The highest BCUT2D eigenvalue weighted by molar-refractivity contribution is 5.25. The maximum atomic E-state index is 3.24. The summed E-state index contributed by atoms with van der Waals surface area (Å²) in [7, 11) is 4.24. The Kier molecular flexibility index (Phi) is 6.68. The molecule has 0 bridgehead atoms. The molecular weight excluding hydrogens is 258 g/mol. The Morgan fingerprint density at radius 3 is 2.48 bits per heavy atom. The van der Waals surface area contributed by atoms with Gasteiger partial charge < -0.3 is 15.1 Å². The third kappa shape index (κ3) is 5.42. The van der Waals surface area contributed by atoms with Crippen LogP contribution in [0.15, 0.2) is 24.3 Å². The predicted molar refractivity (Wildman–Crippen MR) is 90.8 cm³/mol. The lowest BCUT2D eigenvalue weighted by Crippen LogP contribution is -2.31. The van der Waals surface area contributed by atoms with E-state index in [0.717, 1.165) is 19.6 Å². The van der Waals surface area contributed by atoms with Crippen molar-refractivity contribution in [3.8, 4) is 0 Å².